The van der Waals surface area contributed by atoms with E-state index < -0.39 is 17.6 Å². The van der Waals surface area contributed by atoms with Crippen LogP contribution in [-0.2, 0) is 15.8 Å². The van der Waals surface area contributed by atoms with E-state index in [1.807, 2.05) is 36.4 Å². The molecule has 0 bridgehead atoms. The molecule has 0 aliphatic carbocycles. The van der Waals surface area contributed by atoms with Gasteiger partial charge in [0.05, 0.1) is 11.8 Å². The molecule has 3 aromatic carbocycles. The summed E-state index contributed by atoms with van der Waals surface area (Å²) in [5, 5.41) is 3.74. The van der Waals surface area contributed by atoms with Crippen molar-refractivity contribution in [1.82, 2.24) is 5.43 Å². The average Bonchev–Trinajstić information content (AvgIpc) is 2.79. The van der Waals surface area contributed by atoms with E-state index in [1.165, 1.54) is 18.3 Å². The average molecular weight is 439 g/mol. The molecule has 0 aliphatic rings. The van der Waals surface area contributed by atoms with E-state index in [0.29, 0.717) is 16.9 Å². The van der Waals surface area contributed by atoms with E-state index in [2.05, 4.69) is 10.5 Å². The van der Waals surface area contributed by atoms with Crippen molar-refractivity contribution in [3.05, 3.63) is 96.1 Å². The van der Waals surface area contributed by atoms with Gasteiger partial charge in [-0.1, -0.05) is 48.5 Å². The number of rotatable bonds is 7. The number of benzene rings is 3. The van der Waals surface area contributed by atoms with Crippen LogP contribution in [0.1, 0.15) is 24.0 Å². The van der Waals surface area contributed by atoms with Crippen molar-refractivity contribution in [2.24, 2.45) is 5.10 Å². The third-order valence-electron chi connectivity index (χ3n) is 4.48. The maximum atomic E-state index is 12.9. The quantitative estimate of drug-likeness (QED) is 0.401. The van der Waals surface area contributed by atoms with Gasteiger partial charge in [-0.25, -0.2) is 5.43 Å². The molecular weight excluding hydrogens is 419 g/mol. The summed E-state index contributed by atoms with van der Waals surface area (Å²) >= 11 is 0. The van der Waals surface area contributed by atoms with Crippen LogP contribution in [-0.4, -0.2) is 18.0 Å². The highest BCUT2D eigenvalue weighted by molar-refractivity contribution is 6.01. The fourth-order valence-electron chi connectivity index (χ4n) is 2.92. The van der Waals surface area contributed by atoms with Crippen molar-refractivity contribution < 1.29 is 22.8 Å². The molecule has 8 heteroatoms. The van der Waals surface area contributed by atoms with E-state index in [0.717, 1.165) is 12.1 Å². The van der Waals surface area contributed by atoms with Gasteiger partial charge in [0.25, 0.3) is 0 Å². The summed E-state index contributed by atoms with van der Waals surface area (Å²) in [5.41, 5.74) is 3.29. The molecule has 0 aromatic heterocycles. The van der Waals surface area contributed by atoms with E-state index >= 15 is 0 Å². The minimum atomic E-state index is -4.41. The highest BCUT2D eigenvalue weighted by Crippen LogP contribution is 2.29. The smallest absolute Gasteiger partial charge is 0.281 e. The van der Waals surface area contributed by atoms with Crippen LogP contribution in [0.2, 0.25) is 0 Å². The van der Waals surface area contributed by atoms with Gasteiger partial charge in [0.2, 0.25) is 11.8 Å². The van der Waals surface area contributed by atoms with E-state index in [9.17, 15) is 22.8 Å². The molecule has 5 nitrogen and oxygen atoms in total. The number of carbonyl (C=O) groups is 2. The first-order valence-electron chi connectivity index (χ1n) is 9.77. The lowest BCUT2D eigenvalue weighted by atomic mass is 10.1. The molecule has 0 heterocycles. The number of nitrogens with one attached hydrogen (secondary N) is 1. The van der Waals surface area contributed by atoms with Crippen LogP contribution in [0.4, 0.5) is 24.5 Å². The largest absolute Gasteiger partial charge is 0.416 e. The van der Waals surface area contributed by atoms with E-state index in [-0.39, 0.29) is 18.7 Å². The highest BCUT2D eigenvalue weighted by atomic mass is 19.4. The summed E-state index contributed by atoms with van der Waals surface area (Å²) in [6.07, 6.45) is -3.32. The molecule has 3 aromatic rings. The number of amides is 2. The van der Waals surface area contributed by atoms with Gasteiger partial charge in [-0.2, -0.15) is 18.3 Å². The summed E-state index contributed by atoms with van der Waals surface area (Å²) in [4.78, 5) is 26.5. The summed E-state index contributed by atoms with van der Waals surface area (Å²) in [7, 11) is 0. The zero-order chi connectivity index (χ0) is 23.0. The van der Waals surface area contributed by atoms with Crippen LogP contribution in [0.5, 0.6) is 0 Å². The van der Waals surface area contributed by atoms with Crippen molar-refractivity contribution in [3.8, 4) is 0 Å². The summed E-state index contributed by atoms with van der Waals surface area (Å²) in [5.74, 6) is -0.744. The van der Waals surface area contributed by atoms with Crippen LogP contribution in [0.3, 0.4) is 0 Å². The third-order valence-corrected chi connectivity index (χ3v) is 4.48. The number of alkyl halides is 3. The number of nitrogens with zero attached hydrogens (tertiary/aromatic N) is 2. The topological polar surface area (TPSA) is 61.8 Å². The van der Waals surface area contributed by atoms with Gasteiger partial charge in [-0.3, -0.25) is 14.5 Å². The second-order valence-electron chi connectivity index (χ2n) is 6.81. The SMILES string of the molecule is O=C(CCC(=O)N(c1ccccc1)c1ccccc1)NN=Cc1ccc(C(F)(F)F)cc1. The molecule has 0 fully saturated rings. The molecule has 2 amide bonds. The van der Waals surface area contributed by atoms with Gasteiger partial charge in [0.1, 0.15) is 0 Å². The summed E-state index contributed by atoms with van der Waals surface area (Å²) in [6.45, 7) is 0. The van der Waals surface area contributed by atoms with E-state index in [4.69, 9.17) is 0 Å². The highest BCUT2D eigenvalue weighted by Gasteiger charge is 2.29. The van der Waals surface area contributed by atoms with Crippen molar-refractivity contribution in [2.45, 2.75) is 19.0 Å². The molecule has 164 valence electrons. The monoisotopic (exact) mass is 439 g/mol. The van der Waals surface area contributed by atoms with Crippen molar-refractivity contribution in [2.75, 3.05) is 4.90 Å². The minimum absolute atomic E-state index is 0.0502. The first kappa shape index (κ1) is 22.7. The Morgan fingerprint density at radius 1 is 0.812 bits per heavy atom. The number of halogens is 3. The van der Waals surface area contributed by atoms with Crippen molar-refractivity contribution in [3.63, 3.8) is 0 Å². The van der Waals surface area contributed by atoms with Crippen LogP contribution in [0.15, 0.2) is 90.0 Å². The maximum Gasteiger partial charge on any atom is 0.416 e. The molecule has 3 rings (SSSR count). The van der Waals surface area contributed by atoms with Gasteiger partial charge in [-0.15, -0.1) is 0 Å². The molecule has 32 heavy (non-hydrogen) atoms. The lowest BCUT2D eigenvalue weighted by molar-refractivity contribution is -0.137. The number of hydrazone groups is 1. The van der Waals surface area contributed by atoms with Gasteiger partial charge in [0.15, 0.2) is 0 Å². The molecule has 0 radical (unpaired) electrons. The fourth-order valence-corrected chi connectivity index (χ4v) is 2.92. The Morgan fingerprint density at radius 2 is 1.34 bits per heavy atom. The minimum Gasteiger partial charge on any atom is -0.281 e. The predicted molar refractivity (Wildman–Crippen MR) is 116 cm³/mol. The Balaban J connectivity index is 1.57. The number of hydrogen-bond donors (Lipinski definition) is 1. The molecule has 1 N–H and O–H groups in total. The Morgan fingerprint density at radius 3 is 1.84 bits per heavy atom. The Bertz CT molecular complexity index is 1030. The normalized spacial score (nSPS) is 11.3. The zero-order valence-corrected chi connectivity index (χ0v) is 16.9. The lowest BCUT2D eigenvalue weighted by Crippen LogP contribution is -2.27. The van der Waals surface area contributed by atoms with Gasteiger partial charge in [-0.05, 0) is 42.0 Å². The zero-order valence-electron chi connectivity index (χ0n) is 16.9. The summed E-state index contributed by atoms with van der Waals surface area (Å²) in [6, 6.07) is 22.6. The fraction of sp³-hybridized carbons (Fsp3) is 0.125. The lowest BCUT2D eigenvalue weighted by Gasteiger charge is -2.23. The second-order valence-corrected chi connectivity index (χ2v) is 6.81. The van der Waals surface area contributed by atoms with Gasteiger partial charge >= 0.3 is 6.18 Å². The Kier molecular flexibility index (Phi) is 7.38. The standard InChI is InChI=1S/C24H20F3N3O2/c25-24(26,27)19-13-11-18(12-14-19)17-28-29-22(31)15-16-23(32)30(20-7-3-1-4-8-20)21-9-5-2-6-10-21/h1-14,17H,15-16H2,(H,29,31). The molecule has 0 atom stereocenters. The first-order chi connectivity index (χ1) is 15.3. The Hall–Kier alpha value is -3.94. The molecular formula is C24H20F3N3O2. The molecule has 0 aliphatic heterocycles. The summed E-state index contributed by atoms with van der Waals surface area (Å²) < 4.78 is 37.7. The molecule has 0 unspecified atom stereocenters. The first-order valence-corrected chi connectivity index (χ1v) is 9.77. The molecule has 0 saturated carbocycles. The third kappa shape index (κ3) is 6.28. The van der Waals surface area contributed by atoms with Crippen LogP contribution in [0, 0.1) is 0 Å². The maximum absolute atomic E-state index is 12.9. The Labute approximate surface area is 183 Å². The number of carbonyl (C=O) groups excluding carboxylic acids is 2. The van der Waals surface area contributed by atoms with Crippen LogP contribution >= 0.6 is 0 Å². The van der Waals surface area contributed by atoms with Crippen LogP contribution in [0.25, 0.3) is 0 Å². The van der Waals surface area contributed by atoms with Crippen molar-refractivity contribution >= 4 is 29.4 Å². The molecule has 0 saturated heterocycles. The van der Waals surface area contributed by atoms with E-state index in [1.54, 1.807) is 29.2 Å². The number of anilines is 2. The van der Waals surface area contributed by atoms with Gasteiger partial charge in [0, 0.05) is 24.2 Å². The second kappa shape index (κ2) is 10.4. The predicted octanol–water partition coefficient (Wildman–Crippen LogP) is 5.30. The van der Waals surface area contributed by atoms with Gasteiger partial charge < -0.3 is 0 Å². The number of para-hydroxylation sites is 2. The van der Waals surface area contributed by atoms with Crippen LogP contribution < -0.4 is 10.3 Å². The molecule has 0 spiro atoms. The number of hydrogen-bond acceptors (Lipinski definition) is 3. The van der Waals surface area contributed by atoms with Crippen molar-refractivity contribution in [1.29, 1.82) is 0 Å².